The summed E-state index contributed by atoms with van der Waals surface area (Å²) < 4.78 is 95.0. The topological polar surface area (TPSA) is 200 Å². The molecule has 0 atom stereocenters. The summed E-state index contributed by atoms with van der Waals surface area (Å²) in [6.45, 7) is 0. The van der Waals surface area contributed by atoms with Gasteiger partial charge in [0.25, 0.3) is 0 Å². The second kappa shape index (κ2) is 15.8. The third-order valence-electron chi connectivity index (χ3n) is 10.8. The fourth-order valence-electron chi connectivity index (χ4n) is 7.92. The molecule has 5 aliphatic rings. The van der Waals surface area contributed by atoms with Gasteiger partial charge in [0.05, 0.1) is 19.5 Å². The number of allylic oxidation sites excluding steroid dienone is 16. The Hall–Kier alpha value is -6.72. The maximum absolute atomic E-state index is 11.9. The van der Waals surface area contributed by atoms with Crippen LogP contribution in [0.3, 0.4) is 0 Å². The minimum atomic E-state index is -2.37. The van der Waals surface area contributed by atoms with Crippen LogP contribution in [0.2, 0.25) is 0 Å². The Morgan fingerprint density at radius 2 is 0.533 bits per heavy atom. The maximum Gasteiger partial charge on any atom is 0.217 e. The highest BCUT2D eigenvalue weighted by Crippen LogP contribution is 2.31. The molecule has 12 nitrogen and oxygen atoms in total. The van der Waals surface area contributed by atoms with E-state index in [1.165, 1.54) is 0 Å². The predicted molar refractivity (Wildman–Crippen MR) is 235 cm³/mol. The molecule has 9 rings (SSSR count). The van der Waals surface area contributed by atoms with Crippen molar-refractivity contribution in [1.29, 1.82) is 0 Å². The van der Waals surface area contributed by atoms with Crippen LogP contribution in [0.5, 0.6) is 0 Å². The molecule has 5 heterocycles. The van der Waals surface area contributed by atoms with E-state index in [1.54, 1.807) is 48.6 Å². The SMILES string of the molecule is O=S(=O)=C1C=CC(C2=c3ccc([nH]3)=C(C3=CCC(=S(=O)=O)C=C3)c3ccc([nH]3)C(C3=CCC(=S(=O)=O)C=C3)=c3ccc([nH]3)=C(C3=CCC(=S(=O)=O)C=C3)c3ccc2[nH]3)=CC1. The minimum Gasteiger partial charge on any atom is -0.354 e. The standard InChI is InChI=1S/C44H32N4O8S4/c49-57(50)29-9-1-25(2-10-29)41-33-17-19-35(45-33)42(26-3-11-30(12-4-26)58(51)52)37-21-23-39(47-37)44(28-7-15-32(16-8-28)60(55)56)40-24-22-38(48-40)43(36-20-18-34(41)46-36)27-5-13-31(14-6-27)59(53)54/h1-9,11,13,15,17-24,45-48H,10,12,14,16H2. The summed E-state index contributed by atoms with van der Waals surface area (Å²) in [6.07, 6.45) is 21.7. The number of hydrogen-bond donors (Lipinski definition) is 4. The Balaban J connectivity index is 1.38. The molecule has 0 spiro atoms. The van der Waals surface area contributed by atoms with Gasteiger partial charge in [0.1, 0.15) is 0 Å². The summed E-state index contributed by atoms with van der Waals surface area (Å²) in [4.78, 5) is 15.6. The summed E-state index contributed by atoms with van der Waals surface area (Å²) >= 11 is 0. The summed E-state index contributed by atoms with van der Waals surface area (Å²) in [6, 6.07) is 15.6. The molecule has 0 saturated carbocycles. The molecule has 0 radical (unpaired) electrons. The normalized spacial score (nSPS) is 17.5. The Morgan fingerprint density at radius 3 is 0.717 bits per heavy atom. The number of nitrogens with one attached hydrogen (secondary N) is 4. The van der Waals surface area contributed by atoms with E-state index in [0.717, 1.165) is 88.8 Å². The van der Waals surface area contributed by atoms with Gasteiger partial charge < -0.3 is 19.9 Å². The maximum atomic E-state index is 11.9. The molecule has 0 saturated heterocycles. The molecule has 1 aliphatic heterocycles. The molecule has 300 valence electrons. The van der Waals surface area contributed by atoms with Crippen molar-refractivity contribution in [3.63, 3.8) is 0 Å². The van der Waals surface area contributed by atoms with Crippen molar-refractivity contribution in [1.82, 2.24) is 19.9 Å². The fraction of sp³-hybridized carbons (Fsp3) is 0.0909. The second-order valence-corrected chi connectivity index (χ2v) is 18.2. The Kier molecular flexibility index (Phi) is 10.2. The van der Waals surface area contributed by atoms with Gasteiger partial charge in [-0.2, -0.15) is 33.7 Å². The number of aromatic amines is 4. The van der Waals surface area contributed by atoms with Crippen molar-refractivity contribution in [2.45, 2.75) is 25.7 Å². The zero-order valence-electron chi connectivity index (χ0n) is 31.3. The summed E-state index contributed by atoms with van der Waals surface area (Å²) in [5, 5.41) is 2.87. The highest BCUT2D eigenvalue weighted by atomic mass is 32.2. The van der Waals surface area contributed by atoms with Crippen LogP contribution in [0, 0.1) is 0 Å². The van der Waals surface area contributed by atoms with Gasteiger partial charge in [0.15, 0.2) is 0 Å². The molecule has 8 bridgehead atoms. The van der Waals surface area contributed by atoms with Crippen LogP contribution in [0.1, 0.15) is 48.5 Å². The van der Waals surface area contributed by atoms with Crippen molar-refractivity contribution in [3.8, 4) is 0 Å². The van der Waals surface area contributed by atoms with Gasteiger partial charge >= 0.3 is 0 Å². The van der Waals surface area contributed by atoms with Crippen LogP contribution in [0.25, 0.3) is 22.3 Å². The molecule has 4 aromatic rings. The third-order valence-corrected chi connectivity index (χ3v) is 13.7. The molecule has 4 aromatic heterocycles. The van der Waals surface area contributed by atoms with E-state index in [4.69, 9.17) is 0 Å². The Labute approximate surface area is 348 Å². The number of aromatic nitrogens is 4. The highest BCUT2D eigenvalue weighted by molar-refractivity contribution is 7.74. The van der Waals surface area contributed by atoms with E-state index in [0.29, 0.717) is 0 Å². The number of rotatable bonds is 4. The number of fused-ring (bicyclic) bond motifs is 8. The van der Waals surface area contributed by atoms with Crippen molar-refractivity contribution in [3.05, 3.63) is 188 Å². The van der Waals surface area contributed by atoms with Crippen molar-refractivity contribution in [2.24, 2.45) is 0 Å². The molecule has 0 amide bonds. The van der Waals surface area contributed by atoms with E-state index < -0.39 is 41.2 Å². The van der Waals surface area contributed by atoms with Crippen LogP contribution in [-0.4, -0.2) is 73.1 Å². The van der Waals surface area contributed by atoms with Gasteiger partial charge in [0, 0.05) is 92.1 Å². The quantitative estimate of drug-likeness (QED) is 0.223. The summed E-state index contributed by atoms with van der Waals surface area (Å²) in [5.74, 6) is 0. The van der Waals surface area contributed by atoms with E-state index >= 15 is 0 Å². The first kappa shape index (κ1) is 38.8. The van der Waals surface area contributed by atoms with Gasteiger partial charge in [0.2, 0.25) is 41.2 Å². The lowest BCUT2D eigenvalue weighted by Crippen LogP contribution is -2.20. The average Bonchev–Trinajstić information content (AvgIpc) is 4.10. The first-order valence-corrected chi connectivity index (χ1v) is 22.9. The lowest BCUT2D eigenvalue weighted by molar-refractivity contribution is 0.625. The zero-order valence-corrected chi connectivity index (χ0v) is 34.5. The van der Waals surface area contributed by atoms with Crippen LogP contribution in [0.15, 0.2) is 144 Å². The van der Waals surface area contributed by atoms with E-state index in [1.807, 2.05) is 72.8 Å². The third kappa shape index (κ3) is 7.30. The molecule has 4 aliphatic carbocycles. The first-order chi connectivity index (χ1) is 29.0. The largest absolute Gasteiger partial charge is 0.354 e. The van der Waals surface area contributed by atoms with Crippen LogP contribution in [-0.2, 0) is 41.2 Å². The monoisotopic (exact) mass is 872 g/mol. The molecule has 0 unspecified atom stereocenters. The van der Waals surface area contributed by atoms with Crippen LogP contribution in [0.4, 0.5) is 0 Å². The Bertz CT molecular complexity index is 3250. The number of hydrogen-bond acceptors (Lipinski definition) is 8. The lowest BCUT2D eigenvalue weighted by Gasteiger charge is -2.14. The molecule has 4 N–H and O–H groups in total. The smallest absolute Gasteiger partial charge is 0.217 e. The number of H-pyrrole nitrogens is 4. The van der Waals surface area contributed by atoms with Crippen molar-refractivity contribution < 1.29 is 33.7 Å². The lowest BCUT2D eigenvalue weighted by atomic mass is 9.97. The van der Waals surface area contributed by atoms with Crippen molar-refractivity contribution in [2.75, 3.05) is 0 Å². The average molecular weight is 873 g/mol. The minimum absolute atomic E-state index is 0.200. The molecule has 0 aromatic carbocycles. The molecule has 0 fully saturated rings. The summed E-state index contributed by atoms with van der Waals surface area (Å²) in [7, 11) is -9.50. The van der Waals surface area contributed by atoms with E-state index in [-0.39, 0.29) is 45.1 Å². The van der Waals surface area contributed by atoms with E-state index in [9.17, 15) is 33.7 Å². The molecule has 16 heteroatoms. The Morgan fingerprint density at radius 1 is 0.300 bits per heavy atom. The van der Waals surface area contributed by atoms with Gasteiger partial charge in [-0.05, 0) is 95.1 Å². The van der Waals surface area contributed by atoms with Crippen LogP contribution < -0.4 is 21.4 Å². The van der Waals surface area contributed by atoms with Gasteiger partial charge in [-0.3, -0.25) is 0 Å². The molecule has 60 heavy (non-hydrogen) atoms. The van der Waals surface area contributed by atoms with Gasteiger partial charge in [-0.1, -0.05) is 48.6 Å². The molecular weight excluding hydrogens is 841 g/mol. The first-order valence-electron chi connectivity index (χ1n) is 18.6. The van der Waals surface area contributed by atoms with Crippen LogP contribution >= 0.6 is 0 Å². The highest BCUT2D eigenvalue weighted by Gasteiger charge is 2.22. The molecular formula is C44H32N4O8S4. The summed E-state index contributed by atoms with van der Waals surface area (Å²) in [5.41, 5.74) is 9.04. The van der Waals surface area contributed by atoms with Gasteiger partial charge in [-0.25, -0.2) is 0 Å². The van der Waals surface area contributed by atoms with Gasteiger partial charge in [-0.15, -0.1) is 0 Å². The predicted octanol–water partition coefficient (Wildman–Crippen LogP) is 1.86. The van der Waals surface area contributed by atoms with E-state index in [2.05, 4.69) is 19.9 Å². The van der Waals surface area contributed by atoms with Crippen molar-refractivity contribution >= 4 is 82.9 Å². The fourth-order valence-corrected chi connectivity index (χ4v) is 9.52. The zero-order chi connectivity index (χ0) is 41.7. The second-order valence-electron chi connectivity index (χ2n) is 14.2.